The first-order valence-corrected chi connectivity index (χ1v) is 13.1. The average molecular weight is 400 g/mol. The SMILES string of the molecule is CC(C)[Si](C(C)C)(C(C)C)N(C)Cc1ccccc1.CO[SiH](OC)OC. The second-order valence-corrected chi connectivity index (χ2v) is 15.7. The Bertz CT molecular complexity index is 438. The molecule has 0 saturated carbocycles. The summed E-state index contributed by atoms with van der Waals surface area (Å²) in [6.45, 7) is 15.6. The molecule has 0 atom stereocenters. The lowest BCUT2D eigenvalue weighted by Crippen LogP contribution is -2.58. The summed E-state index contributed by atoms with van der Waals surface area (Å²) in [6, 6.07) is 10.9. The molecule has 0 amide bonds. The van der Waals surface area contributed by atoms with Crippen molar-refractivity contribution >= 4 is 17.8 Å². The molecule has 26 heavy (non-hydrogen) atoms. The van der Waals surface area contributed by atoms with Gasteiger partial charge in [-0.3, -0.25) is 0 Å². The minimum absolute atomic E-state index is 0.779. The van der Waals surface area contributed by atoms with Crippen molar-refractivity contribution in [2.75, 3.05) is 28.4 Å². The number of benzene rings is 1. The lowest BCUT2D eigenvalue weighted by atomic mass is 10.2. The van der Waals surface area contributed by atoms with E-state index in [1.54, 1.807) is 21.3 Å². The Labute approximate surface area is 164 Å². The first-order valence-electron chi connectivity index (χ1n) is 9.51. The summed E-state index contributed by atoms with van der Waals surface area (Å²) in [4.78, 5) is 0. The van der Waals surface area contributed by atoms with Crippen molar-refractivity contribution in [1.29, 1.82) is 0 Å². The fourth-order valence-corrected chi connectivity index (χ4v) is 12.3. The van der Waals surface area contributed by atoms with E-state index in [0.717, 1.165) is 23.2 Å². The zero-order valence-electron chi connectivity index (χ0n) is 18.6. The maximum Gasteiger partial charge on any atom is 0.483 e. The van der Waals surface area contributed by atoms with E-state index in [1.807, 2.05) is 0 Å². The topological polar surface area (TPSA) is 30.9 Å². The molecule has 0 unspecified atom stereocenters. The Kier molecular flexibility index (Phi) is 12.6. The molecule has 0 fully saturated rings. The quantitative estimate of drug-likeness (QED) is 0.551. The maximum absolute atomic E-state index is 4.74. The van der Waals surface area contributed by atoms with Crippen molar-refractivity contribution < 1.29 is 13.3 Å². The van der Waals surface area contributed by atoms with Gasteiger partial charge in [-0.1, -0.05) is 71.9 Å². The molecule has 0 N–H and O–H groups in total. The predicted octanol–water partition coefficient (Wildman–Crippen LogP) is 4.94. The zero-order chi connectivity index (χ0) is 20.3. The van der Waals surface area contributed by atoms with Crippen molar-refractivity contribution in [3.8, 4) is 0 Å². The van der Waals surface area contributed by atoms with Gasteiger partial charge in [-0.05, 0) is 29.2 Å². The third kappa shape index (κ3) is 6.90. The van der Waals surface area contributed by atoms with Crippen LogP contribution in [0.15, 0.2) is 30.3 Å². The van der Waals surface area contributed by atoms with Gasteiger partial charge in [0.05, 0.1) is 0 Å². The van der Waals surface area contributed by atoms with Gasteiger partial charge in [-0.2, -0.15) is 0 Å². The first kappa shape index (κ1) is 25.5. The molecule has 1 rings (SSSR count). The van der Waals surface area contributed by atoms with E-state index in [1.165, 1.54) is 5.56 Å². The second kappa shape index (κ2) is 12.8. The number of rotatable bonds is 9. The zero-order valence-corrected chi connectivity index (χ0v) is 20.7. The Morgan fingerprint density at radius 2 is 1.19 bits per heavy atom. The molecule has 0 saturated heterocycles. The molecule has 0 aromatic heterocycles. The average Bonchev–Trinajstić information content (AvgIpc) is 2.57. The summed E-state index contributed by atoms with van der Waals surface area (Å²) in [5, 5.41) is 0. The molecule has 4 nitrogen and oxygen atoms in total. The van der Waals surface area contributed by atoms with Crippen LogP contribution in [0.5, 0.6) is 0 Å². The van der Waals surface area contributed by atoms with E-state index in [-0.39, 0.29) is 0 Å². The maximum atomic E-state index is 4.74. The molecule has 0 heterocycles. The molecule has 1 aromatic rings. The van der Waals surface area contributed by atoms with E-state index in [0.29, 0.717) is 0 Å². The van der Waals surface area contributed by atoms with Gasteiger partial charge in [0, 0.05) is 27.9 Å². The normalized spacial score (nSPS) is 12.3. The highest BCUT2D eigenvalue weighted by molar-refractivity contribution is 6.80. The fraction of sp³-hybridized carbons (Fsp3) is 0.700. The Morgan fingerprint density at radius 1 is 0.808 bits per heavy atom. The number of nitrogens with zero attached hydrogens (tertiary/aromatic N) is 1. The highest BCUT2D eigenvalue weighted by atomic mass is 28.3. The van der Waals surface area contributed by atoms with Crippen LogP contribution >= 0.6 is 0 Å². The van der Waals surface area contributed by atoms with Crippen molar-refractivity contribution in [2.45, 2.75) is 64.7 Å². The monoisotopic (exact) mass is 399 g/mol. The van der Waals surface area contributed by atoms with Crippen LogP contribution in [-0.2, 0) is 19.8 Å². The summed E-state index contributed by atoms with van der Waals surface area (Å²) in [6.07, 6.45) is 0. The van der Waals surface area contributed by atoms with Crippen LogP contribution in [0.3, 0.4) is 0 Å². The van der Waals surface area contributed by atoms with Gasteiger partial charge in [0.2, 0.25) is 0 Å². The fourth-order valence-electron chi connectivity index (χ4n) is 4.61. The summed E-state index contributed by atoms with van der Waals surface area (Å²) in [7, 11) is 3.91. The summed E-state index contributed by atoms with van der Waals surface area (Å²) < 4.78 is 16.9. The van der Waals surface area contributed by atoms with Crippen LogP contribution in [0.1, 0.15) is 47.1 Å². The third-order valence-electron chi connectivity index (χ3n) is 5.28. The van der Waals surface area contributed by atoms with Gasteiger partial charge in [0.15, 0.2) is 0 Å². The summed E-state index contributed by atoms with van der Waals surface area (Å²) in [5.74, 6) is 0. The molecule has 0 bridgehead atoms. The Hall–Kier alpha value is -0.506. The summed E-state index contributed by atoms with van der Waals surface area (Å²) in [5.41, 5.74) is 3.77. The summed E-state index contributed by atoms with van der Waals surface area (Å²) >= 11 is 0. The smallest absolute Gasteiger partial charge is 0.379 e. The molecule has 0 radical (unpaired) electrons. The molecular formula is C20H41NO3Si2. The van der Waals surface area contributed by atoms with Gasteiger partial charge in [-0.15, -0.1) is 0 Å². The standard InChI is InChI=1S/C17H31NSi.C3H10O3Si/c1-14(2)19(15(3)4,16(5)6)18(7)13-17-11-9-8-10-12-17;1-4-7(5-2)6-3/h8-12,14-16H,13H2,1-7H3;7H,1-3H3. The molecule has 0 spiro atoms. The molecular weight excluding hydrogens is 358 g/mol. The van der Waals surface area contributed by atoms with Crippen molar-refractivity contribution in [3.05, 3.63) is 35.9 Å². The van der Waals surface area contributed by atoms with Gasteiger partial charge in [0.25, 0.3) is 0 Å². The van der Waals surface area contributed by atoms with E-state index in [9.17, 15) is 0 Å². The van der Waals surface area contributed by atoms with Gasteiger partial charge in [0.1, 0.15) is 8.24 Å². The Balaban J connectivity index is 0.000000758. The van der Waals surface area contributed by atoms with E-state index < -0.39 is 17.8 Å². The second-order valence-electron chi connectivity index (χ2n) is 7.69. The Morgan fingerprint density at radius 3 is 1.46 bits per heavy atom. The van der Waals surface area contributed by atoms with Gasteiger partial charge >= 0.3 is 9.53 Å². The van der Waals surface area contributed by atoms with Crippen LogP contribution in [0.25, 0.3) is 0 Å². The van der Waals surface area contributed by atoms with Crippen molar-refractivity contribution in [2.24, 2.45) is 0 Å². The molecule has 1 aromatic carbocycles. The van der Waals surface area contributed by atoms with Crippen molar-refractivity contribution in [1.82, 2.24) is 4.57 Å². The minimum Gasteiger partial charge on any atom is -0.379 e. The van der Waals surface area contributed by atoms with Crippen molar-refractivity contribution in [3.63, 3.8) is 0 Å². The molecule has 0 aliphatic heterocycles. The molecule has 0 aliphatic carbocycles. The van der Waals surface area contributed by atoms with Crippen LogP contribution in [-0.4, -0.2) is 50.7 Å². The highest BCUT2D eigenvalue weighted by Crippen LogP contribution is 2.43. The van der Waals surface area contributed by atoms with E-state index >= 15 is 0 Å². The van der Waals surface area contributed by atoms with Crippen LogP contribution < -0.4 is 0 Å². The lowest BCUT2D eigenvalue weighted by molar-refractivity contribution is 0.163. The van der Waals surface area contributed by atoms with Gasteiger partial charge in [-0.25, -0.2) is 0 Å². The molecule has 0 aliphatic rings. The van der Waals surface area contributed by atoms with Crippen LogP contribution in [0, 0.1) is 0 Å². The highest BCUT2D eigenvalue weighted by Gasteiger charge is 2.46. The van der Waals surface area contributed by atoms with Gasteiger partial charge < -0.3 is 17.8 Å². The minimum atomic E-state index is -1.67. The van der Waals surface area contributed by atoms with E-state index in [4.69, 9.17) is 13.3 Å². The molecule has 152 valence electrons. The number of hydrogen-bond acceptors (Lipinski definition) is 4. The van der Waals surface area contributed by atoms with Crippen LogP contribution in [0.2, 0.25) is 16.6 Å². The van der Waals surface area contributed by atoms with Crippen LogP contribution in [0.4, 0.5) is 0 Å². The molecule has 6 heteroatoms. The third-order valence-corrected chi connectivity index (χ3v) is 13.5. The predicted molar refractivity (Wildman–Crippen MR) is 117 cm³/mol. The lowest BCUT2D eigenvalue weighted by Gasteiger charge is -2.49. The first-order chi connectivity index (χ1) is 12.2. The number of hydrogen-bond donors (Lipinski definition) is 0. The largest absolute Gasteiger partial charge is 0.483 e. The van der Waals surface area contributed by atoms with E-state index in [2.05, 4.69) is 83.5 Å².